The fourth-order valence-corrected chi connectivity index (χ4v) is 2.90. The number of carbonyl (C=O) groups excluding carboxylic acids is 1. The number of carboxylic acids is 1. The van der Waals surface area contributed by atoms with Gasteiger partial charge >= 0.3 is 12.1 Å². The molecule has 0 saturated carbocycles. The number of ether oxygens (including phenoxy) is 1. The summed E-state index contributed by atoms with van der Waals surface area (Å²) in [5.41, 5.74) is 8.02. The third-order valence-electron chi connectivity index (χ3n) is 4.15. The Kier molecular flexibility index (Phi) is 3.99. The first-order valence-corrected chi connectivity index (χ1v) is 7.55. The summed E-state index contributed by atoms with van der Waals surface area (Å²) < 4.78 is 5.23. The van der Waals surface area contributed by atoms with Crippen molar-refractivity contribution in [2.75, 3.05) is 6.61 Å². The minimum atomic E-state index is -1.87. The predicted octanol–water partition coefficient (Wildman–Crippen LogP) is 2.28. The van der Waals surface area contributed by atoms with Gasteiger partial charge in [-0.3, -0.25) is 11.1 Å². The van der Waals surface area contributed by atoms with Crippen LogP contribution >= 0.6 is 0 Å². The van der Waals surface area contributed by atoms with Crippen LogP contribution in [-0.2, 0) is 9.53 Å². The van der Waals surface area contributed by atoms with Crippen LogP contribution in [0, 0.1) is 0 Å². The van der Waals surface area contributed by atoms with E-state index in [0.717, 1.165) is 22.3 Å². The van der Waals surface area contributed by atoms with E-state index in [1.54, 1.807) is 0 Å². The van der Waals surface area contributed by atoms with E-state index in [1.165, 1.54) is 6.92 Å². The standard InChI is InChI=1S/C18H18N2O4/c1-18(19,16(21)22)20-17(23)24-10-15-13-8-4-2-6-11(13)12-7-3-5-9-14(12)15/h2-9,15H,10,19H2,1H3,(H,20,23)(H,21,22). The van der Waals surface area contributed by atoms with Gasteiger partial charge in [0.05, 0.1) is 0 Å². The molecule has 1 amide bonds. The number of benzene rings is 2. The fourth-order valence-electron chi connectivity index (χ4n) is 2.90. The van der Waals surface area contributed by atoms with Crippen molar-refractivity contribution >= 4 is 12.1 Å². The predicted molar refractivity (Wildman–Crippen MR) is 88.4 cm³/mol. The number of nitrogens with one attached hydrogen (secondary N) is 1. The smallest absolute Gasteiger partial charge is 0.409 e. The Morgan fingerprint density at radius 2 is 1.62 bits per heavy atom. The van der Waals surface area contributed by atoms with Gasteiger partial charge in [0.25, 0.3) is 0 Å². The quantitative estimate of drug-likeness (QED) is 0.748. The number of alkyl carbamates (subject to hydrolysis) is 1. The van der Waals surface area contributed by atoms with E-state index in [-0.39, 0.29) is 12.5 Å². The molecule has 4 N–H and O–H groups in total. The van der Waals surface area contributed by atoms with E-state index >= 15 is 0 Å². The zero-order chi connectivity index (χ0) is 17.3. The lowest BCUT2D eigenvalue weighted by atomic mass is 9.98. The molecular formula is C18H18N2O4. The summed E-state index contributed by atoms with van der Waals surface area (Å²) in [6.07, 6.45) is -0.857. The van der Waals surface area contributed by atoms with Crippen LogP contribution in [0.5, 0.6) is 0 Å². The molecule has 2 aromatic rings. The van der Waals surface area contributed by atoms with Crippen LogP contribution in [0.3, 0.4) is 0 Å². The van der Waals surface area contributed by atoms with Gasteiger partial charge in [0, 0.05) is 5.92 Å². The largest absolute Gasteiger partial charge is 0.479 e. The van der Waals surface area contributed by atoms with E-state index in [1.807, 2.05) is 48.5 Å². The Balaban J connectivity index is 1.76. The van der Waals surface area contributed by atoms with Crippen molar-refractivity contribution < 1.29 is 19.4 Å². The van der Waals surface area contributed by atoms with Gasteiger partial charge < -0.3 is 9.84 Å². The van der Waals surface area contributed by atoms with Gasteiger partial charge in [0.15, 0.2) is 5.66 Å². The summed E-state index contributed by atoms with van der Waals surface area (Å²) in [7, 11) is 0. The second-order valence-electron chi connectivity index (χ2n) is 5.96. The van der Waals surface area contributed by atoms with Crippen LogP contribution in [0.15, 0.2) is 48.5 Å². The minimum absolute atomic E-state index is 0.0861. The highest BCUT2D eigenvalue weighted by Crippen LogP contribution is 2.44. The molecule has 0 saturated heterocycles. The lowest BCUT2D eigenvalue weighted by Gasteiger charge is -2.21. The molecule has 0 radical (unpaired) electrons. The Hall–Kier alpha value is -2.86. The summed E-state index contributed by atoms with van der Waals surface area (Å²) >= 11 is 0. The van der Waals surface area contributed by atoms with Crippen LogP contribution in [0.1, 0.15) is 24.0 Å². The van der Waals surface area contributed by atoms with Gasteiger partial charge in [0.2, 0.25) is 0 Å². The van der Waals surface area contributed by atoms with Crippen LogP contribution < -0.4 is 11.1 Å². The van der Waals surface area contributed by atoms with Crippen LogP contribution in [0.2, 0.25) is 0 Å². The maximum atomic E-state index is 11.9. The highest BCUT2D eigenvalue weighted by atomic mass is 16.5. The van der Waals surface area contributed by atoms with Gasteiger partial charge in [-0.05, 0) is 29.2 Å². The first-order chi connectivity index (χ1) is 11.4. The zero-order valence-electron chi connectivity index (χ0n) is 13.2. The second-order valence-corrected chi connectivity index (χ2v) is 5.96. The van der Waals surface area contributed by atoms with Gasteiger partial charge in [-0.15, -0.1) is 0 Å². The number of aliphatic carboxylic acids is 1. The van der Waals surface area contributed by atoms with E-state index < -0.39 is 17.7 Å². The van der Waals surface area contributed by atoms with Crippen LogP contribution in [-0.4, -0.2) is 29.4 Å². The van der Waals surface area contributed by atoms with Gasteiger partial charge in [-0.2, -0.15) is 0 Å². The number of amides is 1. The Morgan fingerprint density at radius 1 is 1.12 bits per heavy atom. The van der Waals surface area contributed by atoms with E-state index in [9.17, 15) is 9.59 Å². The van der Waals surface area contributed by atoms with E-state index in [4.69, 9.17) is 15.6 Å². The lowest BCUT2D eigenvalue weighted by molar-refractivity contribution is -0.143. The van der Waals surface area contributed by atoms with Gasteiger partial charge in [-0.1, -0.05) is 48.5 Å². The Morgan fingerprint density at radius 3 is 2.12 bits per heavy atom. The number of carboxylic acid groups (broad SMARTS) is 1. The van der Waals surface area contributed by atoms with Crippen molar-refractivity contribution in [3.63, 3.8) is 0 Å². The molecule has 1 unspecified atom stereocenters. The summed E-state index contributed by atoms with van der Waals surface area (Å²) in [5.74, 6) is -1.42. The molecule has 1 aliphatic carbocycles. The summed E-state index contributed by atoms with van der Waals surface area (Å²) in [5, 5.41) is 11.1. The molecule has 1 atom stereocenters. The first-order valence-electron chi connectivity index (χ1n) is 7.55. The van der Waals surface area contributed by atoms with E-state index in [2.05, 4.69) is 5.32 Å². The van der Waals surface area contributed by atoms with Crippen molar-refractivity contribution in [3.05, 3.63) is 59.7 Å². The Bertz CT molecular complexity index is 756. The van der Waals surface area contributed by atoms with Crippen molar-refractivity contribution in [1.82, 2.24) is 5.32 Å². The SMILES string of the molecule is CC(N)(NC(=O)OCC1c2ccccc2-c2ccccc21)C(=O)O. The molecule has 0 heterocycles. The Labute approximate surface area is 139 Å². The molecule has 0 spiro atoms. The maximum absolute atomic E-state index is 11.9. The average Bonchev–Trinajstić information content (AvgIpc) is 2.86. The number of carbonyl (C=O) groups is 2. The second kappa shape index (κ2) is 5.98. The molecule has 0 fully saturated rings. The number of nitrogens with two attached hydrogens (primary N) is 1. The molecular weight excluding hydrogens is 308 g/mol. The first kappa shape index (κ1) is 16.0. The topological polar surface area (TPSA) is 102 Å². The number of rotatable bonds is 4. The molecule has 24 heavy (non-hydrogen) atoms. The molecule has 124 valence electrons. The average molecular weight is 326 g/mol. The van der Waals surface area contributed by atoms with Crippen molar-refractivity contribution in [2.45, 2.75) is 18.5 Å². The fraction of sp³-hybridized carbons (Fsp3) is 0.222. The summed E-state index contributed by atoms with van der Waals surface area (Å²) in [6, 6.07) is 15.9. The molecule has 0 bridgehead atoms. The lowest BCUT2D eigenvalue weighted by Crippen LogP contribution is -2.59. The molecule has 6 heteroatoms. The van der Waals surface area contributed by atoms with Crippen molar-refractivity contribution in [2.24, 2.45) is 5.73 Å². The maximum Gasteiger partial charge on any atom is 0.409 e. The molecule has 3 rings (SSSR count). The van der Waals surface area contributed by atoms with Gasteiger partial charge in [0.1, 0.15) is 6.61 Å². The van der Waals surface area contributed by atoms with Crippen LogP contribution in [0.4, 0.5) is 4.79 Å². The van der Waals surface area contributed by atoms with Crippen molar-refractivity contribution in [3.8, 4) is 11.1 Å². The third-order valence-corrected chi connectivity index (χ3v) is 4.15. The number of fused-ring (bicyclic) bond motifs is 3. The third kappa shape index (κ3) is 2.83. The highest BCUT2D eigenvalue weighted by molar-refractivity contribution is 5.83. The molecule has 1 aliphatic rings. The monoisotopic (exact) mass is 326 g/mol. The number of hydrogen-bond acceptors (Lipinski definition) is 4. The van der Waals surface area contributed by atoms with E-state index in [0.29, 0.717) is 0 Å². The van der Waals surface area contributed by atoms with Crippen molar-refractivity contribution in [1.29, 1.82) is 0 Å². The molecule has 2 aromatic carbocycles. The van der Waals surface area contributed by atoms with Crippen LogP contribution in [0.25, 0.3) is 11.1 Å². The molecule has 6 nitrogen and oxygen atoms in total. The molecule has 0 aliphatic heterocycles. The number of hydrogen-bond donors (Lipinski definition) is 3. The normalized spacial score (nSPS) is 15.1. The minimum Gasteiger partial charge on any atom is -0.479 e. The summed E-state index contributed by atoms with van der Waals surface area (Å²) in [4.78, 5) is 22.8. The zero-order valence-corrected chi connectivity index (χ0v) is 13.2. The highest BCUT2D eigenvalue weighted by Gasteiger charge is 2.32. The summed E-state index contributed by atoms with van der Waals surface area (Å²) in [6.45, 7) is 1.30. The molecule has 0 aromatic heterocycles. The van der Waals surface area contributed by atoms with Gasteiger partial charge in [-0.25, -0.2) is 9.59 Å².